The molecule has 0 unspecified atom stereocenters. The van der Waals surface area contributed by atoms with Gasteiger partial charge >= 0.3 is 0 Å². The number of thiophene rings is 1. The maximum Gasteiger partial charge on any atom is 0.164 e. The summed E-state index contributed by atoms with van der Waals surface area (Å²) in [4.78, 5) is 20.4. The number of hydrogen-bond donors (Lipinski definition) is 0. The summed E-state index contributed by atoms with van der Waals surface area (Å²) in [5.41, 5.74) is 7.44. The summed E-state index contributed by atoms with van der Waals surface area (Å²) in [5.74, 6) is 1.94. The van der Waals surface area contributed by atoms with Gasteiger partial charge < -0.3 is 0 Å². The van der Waals surface area contributed by atoms with E-state index in [-0.39, 0.29) is 0 Å². The predicted molar refractivity (Wildman–Crippen MR) is 246 cm³/mol. The fourth-order valence-corrected chi connectivity index (χ4v) is 10.5. The van der Waals surface area contributed by atoms with Crippen LogP contribution in [0.25, 0.3) is 119 Å². The van der Waals surface area contributed by atoms with Crippen LogP contribution < -0.4 is 0 Å². The number of thiazole rings is 1. The lowest BCUT2D eigenvalue weighted by Gasteiger charge is -2.11. The molecule has 0 fully saturated rings. The number of rotatable bonds is 5. The Morgan fingerprint density at radius 3 is 1.52 bits per heavy atom. The highest BCUT2D eigenvalue weighted by molar-refractivity contribution is 7.26. The molecule has 6 heteroatoms. The first-order valence-corrected chi connectivity index (χ1v) is 20.9. The Hall–Kier alpha value is -7.12. The van der Waals surface area contributed by atoms with Gasteiger partial charge in [-0.3, -0.25) is 0 Å². The quantitative estimate of drug-likeness (QED) is 0.175. The lowest BCUT2D eigenvalue weighted by atomic mass is 9.96. The summed E-state index contributed by atoms with van der Waals surface area (Å²) in [5, 5.41) is 10.7. The van der Waals surface area contributed by atoms with E-state index in [1.165, 1.54) is 52.2 Å². The Morgan fingerprint density at radius 1 is 0.328 bits per heavy atom. The summed E-state index contributed by atoms with van der Waals surface area (Å²) in [6, 6.07) is 64.5. The minimum Gasteiger partial charge on any atom is -0.236 e. The Bertz CT molecular complexity index is 3590. The molecule has 0 aliphatic carbocycles. The van der Waals surface area contributed by atoms with Gasteiger partial charge in [-0.25, -0.2) is 19.9 Å². The van der Waals surface area contributed by atoms with Crippen LogP contribution in [0.5, 0.6) is 0 Å². The highest BCUT2D eigenvalue weighted by Gasteiger charge is 2.20. The molecule has 12 aromatic rings. The van der Waals surface area contributed by atoms with Gasteiger partial charge in [-0.1, -0.05) is 146 Å². The van der Waals surface area contributed by atoms with Gasteiger partial charge in [0.15, 0.2) is 17.5 Å². The molecule has 0 spiro atoms. The zero-order chi connectivity index (χ0) is 38.2. The zero-order valence-corrected chi connectivity index (χ0v) is 32.6. The van der Waals surface area contributed by atoms with Crippen LogP contribution in [0.4, 0.5) is 0 Å². The van der Waals surface area contributed by atoms with E-state index in [2.05, 4.69) is 152 Å². The van der Waals surface area contributed by atoms with Crippen LogP contribution in [0.3, 0.4) is 0 Å². The standard InChI is InChI=1S/C52H30N4S2/c1-2-12-33(13-3-1)49-54-50(39-23-18-31-10-4-6-14-34(31)27-39)56-51(55-49)40-24-21-36-26-38(22-20-37(36)28-40)46-47-42-16-8-9-17-44(42)57-45(47)30-43-48(46)58-52(53-43)41-25-19-32-11-5-7-15-35(32)29-41/h1-30H. The molecule has 0 radical (unpaired) electrons. The van der Waals surface area contributed by atoms with E-state index in [4.69, 9.17) is 19.9 Å². The lowest BCUT2D eigenvalue weighted by Crippen LogP contribution is -2.00. The van der Waals surface area contributed by atoms with Crippen LogP contribution >= 0.6 is 22.7 Å². The highest BCUT2D eigenvalue weighted by Crippen LogP contribution is 2.47. The Morgan fingerprint density at radius 2 is 0.828 bits per heavy atom. The number of fused-ring (bicyclic) bond motifs is 7. The minimum atomic E-state index is 0.644. The van der Waals surface area contributed by atoms with E-state index in [1.807, 2.05) is 41.7 Å². The van der Waals surface area contributed by atoms with Crippen LogP contribution in [0, 0.1) is 0 Å². The van der Waals surface area contributed by atoms with Crippen molar-refractivity contribution in [3.05, 3.63) is 182 Å². The van der Waals surface area contributed by atoms with Gasteiger partial charge in [0.25, 0.3) is 0 Å². The van der Waals surface area contributed by atoms with Crippen LogP contribution in [0.15, 0.2) is 182 Å². The average molecular weight is 775 g/mol. The third-order valence-corrected chi connectivity index (χ3v) is 13.3. The molecule has 0 aliphatic heterocycles. The molecule has 0 aliphatic rings. The van der Waals surface area contributed by atoms with Crippen LogP contribution in [-0.2, 0) is 0 Å². The average Bonchev–Trinajstić information content (AvgIpc) is 3.89. The van der Waals surface area contributed by atoms with Crippen molar-refractivity contribution in [1.82, 2.24) is 19.9 Å². The third-order valence-electron chi connectivity index (χ3n) is 11.1. The van der Waals surface area contributed by atoms with Crippen LogP contribution in [-0.4, -0.2) is 19.9 Å². The maximum atomic E-state index is 5.28. The van der Waals surface area contributed by atoms with Gasteiger partial charge in [-0.15, -0.1) is 22.7 Å². The first-order chi connectivity index (χ1) is 28.7. The summed E-state index contributed by atoms with van der Waals surface area (Å²) < 4.78 is 3.74. The molecule has 270 valence electrons. The Labute approximate surface area is 341 Å². The molecular weight excluding hydrogens is 745 g/mol. The normalized spacial score (nSPS) is 11.8. The van der Waals surface area contributed by atoms with Crippen molar-refractivity contribution >= 4 is 85.4 Å². The van der Waals surface area contributed by atoms with Crippen molar-refractivity contribution in [3.8, 4) is 55.9 Å². The van der Waals surface area contributed by atoms with E-state index in [9.17, 15) is 0 Å². The van der Waals surface area contributed by atoms with E-state index in [0.717, 1.165) is 48.9 Å². The molecule has 58 heavy (non-hydrogen) atoms. The van der Waals surface area contributed by atoms with Crippen molar-refractivity contribution in [3.63, 3.8) is 0 Å². The molecule has 4 nitrogen and oxygen atoms in total. The number of aromatic nitrogens is 4. The molecule has 0 atom stereocenters. The maximum absolute atomic E-state index is 5.28. The van der Waals surface area contributed by atoms with Crippen molar-refractivity contribution in [1.29, 1.82) is 0 Å². The zero-order valence-electron chi connectivity index (χ0n) is 30.9. The van der Waals surface area contributed by atoms with E-state index in [1.54, 1.807) is 11.3 Å². The summed E-state index contributed by atoms with van der Waals surface area (Å²) in [6.07, 6.45) is 0. The largest absolute Gasteiger partial charge is 0.236 e. The van der Waals surface area contributed by atoms with Gasteiger partial charge in [0, 0.05) is 48.0 Å². The summed E-state index contributed by atoms with van der Waals surface area (Å²) in [6.45, 7) is 0. The molecule has 0 saturated heterocycles. The molecule has 0 saturated carbocycles. The first kappa shape index (κ1) is 33.1. The van der Waals surface area contributed by atoms with E-state index < -0.39 is 0 Å². The number of benzene rings is 9. The molecule has 9 aromatic carbocycles. The van der Waals surface area contributed by atoms with Crippen molar-refractivity contribution in [2.75, 3.05) is 0 Å². The van der Waals surface area contributed by atoms with Crippen LogP contribution in [0.2, 0.25) is 0 Å². The number of hydrogen-bond acceptors (Lipinski definition) is 6. The predicted octanol–water partition coefficient (Wildman–Crippen LogP) is 14.6. The van der Waals surface area contributed by atoms with Crippen molar-refractivity contribution < 1.29 is 0 Å². The first-order valence-electron chi connectivity index (χ1n) is 19.3. The molecule has 0 N–H and O–H groups in total. The van der Waals surface area contributed by atoms with Gasteiger partial charge in [-0.2, -0.15) is 0 Å². The second-order valence-corrected chi connectivity index (χ2v) is 16.7. The highest BCUT2D eigenvalue weighted by atomic mass is 32.1. The summed E-state index contributed by atoms with van der Waals surface area (Å²) in [7, 11) is 0. The second-order valence-electron chi connectivity index (χ2n) is 14.7. The van der Waals surface area contributed by atoms with Crippen molar-refractivity contribution in [2.45, 2.75) is 0 Å². The van der Waals surface area contributed by atoms with Gasteiger partial charge in [0.2, 0.25) is 0 Å². The van der Waals surface area contributed by atoms with Gasteiger partial charge in [-0.05, 0) is 74.3 Å². The molecule has 3 aromatic heterocycles. The van der Waals surface area contributed by atoms with Crippen LogP contribution in [0.1, 0.15) is 0 Å². The Kier molecular flexibility index (Phi) is 7.55. The second kappa shape index (κ2) is 13.2. The molecule has 3 heterocycles. The molecule has 0 amide bonds. The van der Waals surface area contributed by atoms with Gasteiger partial charge in [0.05, 0.1) is 10.2 Å². The Balaban J connectivity index is 1.01. The fraction of sp³-hybridized carbons (Fsp3) is 0. The molecule has 12 rings (SSSR count). The van der Waals surface area contributed by atoms with E-state index in [0.29, 0.717) is 17.5 Å². The lowest BCUT2D eigenvalue weighted by molar-refractivity contribution is 1.08. The van der Waals surface area contributed by atoms with Gasteiger partial charge in [0.1, 0.15) is 5.01 Å². The topological polar surface area (TPSA) is 51.6 Å². The van der Waals surface area contributed by atoms with Crippen molar-refractivity contribution in [2.24, 2.45) is 0 Å². The number of nitrogens with zero attached hydrogens (tertiary/aromatic N) is 4. The molecule has 0 bridgehead atoms. The van der Waals surface area contributed by atoms with E-state index >= 15 is 0 Å². The third kappa shape index (κ3) is 5.57. The summed E-state index contributed by atoms with van der Waals surface area (Å²) >= 11 is 3.62. The minimum absolute atomic E-state index is 0.644. The monoisotopic (exact) mass is 774 g/mol. The SMILES string of the molecule is c1ccc(-c2nc(-c3ccc4ccccc4c3)nc(-c3ccc4cc(-c5c6sc(-c7ccc8ccccc8c7)nc6cc6sc7ccccc7c56)ccc4c3)n2)cc1. The fourth-order valence-electron chi connectivity index (χ4n) is 8.21. The molecular formula is C52H30N4S2. The smallest absolute Gasteiger partial charge is 0.164 e.